The van der Waals surface area contributed by atoms with E-state index in [4.69, 9.17) is 16.6 Å². The molecule has 0 rings (SSSR count). The van der Waals surface area contributed by atoms with Gasteiger partial charge in [0.25, 0.3) is 0 Å². The number of rotatable bonds is 12. The fourth-order valence-corrected chi connectivity index (χ4v) is 1.75. The molecule has 0 radical (unpaired) electrons. The summed E-state index contributed by atoms with van der Waals surface area (Å²) < 4.78 is 0. The van der Waals surface area contributed by atoms with Crippen molar-refractivity contribution in [2.75, 3.05) is 19.7 Å². The smallest absolute Gasteiger partial charge is 0.325 e. The van der Waals surface area contributed by atoms with Crippen LogP contribution in [0.1, 0.15) is 13.3 Å². The Morgan fingerprint density at radius 2 is 1.50 bits per heavy atom. The second-order valence-corrected chi connectivity index (χ2v) is 5.58. The van der Waals surface area contributed by atoms with E-state index in [9.17, 15) is 33.9 Å². The highest BCUT2D eigenvalue weighted by molar-refractivity contribution is 5.96. The van der Waals surface area contributed by atoms with Crippen molar-refractivity contribution in [2.45, 2.75) is 31.5 Å². The first-order chi connectivity index (χ1) is 13.0. The van der Waals surface area contributed by atoms with Crippen LogP contribution in [0.25, 0.3) is 0 Å². The van der Waals surface area contributed by atoms with Crippen molar-refractivity contribution in [3.8, 4) is 0 Å². The molecular weight excluding hydrogens is 380 g/mol. The Morgan fingerprint density at radius 1 is 0.929 bits per heavy atom. The van der Waals surface area contributed by atoms with Gasteiger partial charge in [-0.25, -0.2) is 0 Å². The van der Waals surface area contributed by atoms with Crippen LogP contribution in [-0.2, 0) is 28.8 Å². The summed E-state index contributed by atoms with van der Waals surface area (Å²) in [5.74, 6) is -5.79. The zero-order valence-electron chi connectivity index (χ0n) is 15.1. The van der Waals surface area contributed by atoms with E-state index < -0.39 is 73.2 Å². The third-order valence-corrected chi connectivity index (χ3v) is 3.23. The summed E-state index contributed by atoms with van der Waals surface area (Å²) in [4.78, 5) is 68.8. The number of aliphatic hydroxyl groups is 1. The van der Waals surface area contributed by atoms with Crippen LogP contribution >= 0.6 is 0 Å². The summed E-state index contributed by atoms with van der Waals surface area (Å²) in [5.41, 5.74) is 10.1. The number of carboxylic acid groups (broad SMARTS) is 1. The van der Waals surface area contributed by atoms with Crippen molar-refractivity contribution in [2.24, 2.45) is 11.5 Å². The molecule has 5 amide bonds. The van der Waals surface area contributed by atoms with Gasteiger partial charge in [-0.1, -0.05) is 0 Å². The molecule has 10 N–H and O–H groups in total. The van der Waals surface area contributed by atoms with Crippen molar-refractivity contribution in [3.63, 3.8) is 0 Å². The number of aliphatic carboxylic acids is 1. The van der Waals surface area contributed by atoms with E-state index in [2.05, 4.69) is 21.3 Å². The van der Waals surface area contributed by atoms with Gasteiger partial charge in [0.2, 0.25) is 29.5 Å². The Labute approximate surface area is 159 Å². The van der Waals surface area contributed by atoms with Gasteiger partial charge in [0.1, 0.15) is 18.1 Å². The number of carbonyl (C=O) groups excluding carboxylic acids is 5. The lowest BCUT2D eigenvalue weighted by atomic mass is 10.1. The number of carboxylic acids is 1. The van der Waals surface area contributed by atoms with Crippen molar-refractivity contribution in [1.82, 2.24) is 21.3 Å². The standard InChI is InChI=1S/C14H24N6O8/c1-6(14(27)28)18-12(25)7(2-9(16)22)20-13(26)8(5-21)19-11(24)4-17-10(23)3-15/h6-8,21H,2-5,15H2,1H3,(H2,16,22)(H,17,23)(H,18,25)(H,19,24)(H,20,26)(H,27,28)/t6-,7-,8-/m0/s1. The number of primary amides is 1. The summed E-state index contributed by atoms with van der Waals surface area (Å²) in [6.07, 6.45) is -0.650. The van der Waals surface area contributed by atoms with Crippen molar-refractivity contribution >= 4 is 35.5 Å². The Morgan fingerprint density at radius 3 is 1.96 bits per heavy atom. The van der Waals surface area contributed by atoms with Gasteiger partial charge >= 0.3 is 5.97 Å². The number of nitrogens with two attached hydrogens (primary N) is 2. The summed E-state index contributed by atoms with van der Waals surface area (Å²) in [5, 5.41) is 26.5. The second-order valence-electron chi connectivity index (χ2n) is 5.58. The molecule has 14 nitrogen and oxygen atoms in total. The Kier molecular flexibility index (Phi) is 10.8. The minimum atomic E-state index is -1.53. The topological polar surface area (TPSA) is 243 Å². The Hall–Kier alpha value is -3.26. The van der Waals surface area contributed by atoms with Gasteiger partial charge in [-0.05, 0) is 6.92 Å². The number of nitrogens with one attached hydrogen (secondary N) is 4. The Bertz CT molecular complexity index is 625. The van der Waals surface area contributed by atoms with E-state index in [1.54, 1.807) is 0 Å². The van der Waals surface area contributed by atoms with Gasteiger partial charge < -0.3 is 42.9 Å². The molecule has 0 saturated heterocycles. The molecule has 0 aliphatic carbocycles. The van der Waals surface area contributed by atoms with Crippen LogP contribution in [0.15, 0.2) is 0 Å². The van der Waals surface area contributed by atoms with Crippen molar-refractivity contribution < 1.29 is 39.0 Å². The van der Waals surface area contributed by atoms with Crippen LogP contribution in [-0.4, -0.2) is 83.5 Å². The minimum absolute atomic E-state index is 0.351. The van der Waals surface area contributed by atoms with Gasteiger partial charge in [-0.15, -0.1) is 0 Å². The first-order valence-corrected chi connectivity index (χ1v) is 8.00. The van der Waals surface area contributed by atoms with Crippen LogP contribution in [0.3, 0.4) is 0 Å². The van der Waals surface area contributed by atoms with Crippen molar-refractivity contribution in [1.29, 1.82) is 0 Å². The molecule has 0 aliphatic heterocycles. The molecule has 0 saturated carbocycles. The monoisotopic (exact) mass is 404 g/mol. The van der Waals surface area contributed by atoms with E-state index in [0.29, 0.717) is 0 Å². The van der Waals surface area contributed by atoms with E-state index in [1.165, 1.54) is 0 Å². The summed E-state index contributed by atoms with van der Waals surface area (Å²) >= 11 is 0. The molecule has 0 bridgehead atoms. The predicted molar refractivity (Wildman–Crippen MR) is 92.1 cm³/mol. The van der Waals surface area contributed by atoms with Crippen molar-refractivity contribution in [3.05, 3.63) is 0 Å². The molecule has 0 heterocycles. The molecule has 0 fully saturated rings. The molecule has 28 heavy (non-hydrogen) atoms. The molecule has 0 aromatic rings. The number of amides is 5. The highest BCUT2D eigenvalue weighted by atomic mass is 16.4. The fourth-order valence-electron chi connectivity index (χ4n) is 1.75. The summed E-state index contributed by atoms with van der Waals surface area (Å²) in [6, 6.07) is -4.35. The zero-order chi connectivity index (χ0) is 21.9. The summed E-state index contributed by atoms with van der Waals surface area (Å²) in [6.45, 7) is -0.564. The predicted octanol–water partition coefficient (Wildman–Crippen LogP) is -5.51. The molecule has 0 aliphatic rings. The average Bonchev–Trinajstić information content (AvgIpc) is 2.62. The van der Waals surface area contributed by atoms with E-state index in [0.717, 1.165) is 6.92 Å². The largest absolute Gasteiger partial charge is 0.480 e. The third-order valence-electron chi connectivity index (χ3n) is 3.23. The highest BCUT2D eigenvalue weighted by Crippen LogP contribution is 1.96. The molecule has 0 unspecified atom stereocenters. The average molecular weight is 404 g/mol. The molecule has 14 heteroatoms. The second kappa shape index (κ2) is 12.2. The Balaban J connectivity index is 4.97. The van der Waals surface area contributed by atoms with Crippen LogP contribution in [0, 0.1) is 0 Å². The number of carbonyl (C=O) groups is 6. The van der Waals surface area contributed by atoms with E-state index in [1.807, 2.05) is 0 Å². The molecule has 0 aromatic carbocycles. The lowest BCUT2D eigenvalue weighted by molar-refractivity contribution is -0.142. The molecule has 158 valence electrons. The van der Waals surface area contributed by atoms with Gasteiger partial charge in [-0.3, -0.25) is 28.8 Å². The maximum absolute atomic E-state index is 12.2. The maximum Gasteiger partial charge on any atom is 0.325 e. The lowest BCUT2D eigenvalue weighted by Crippen LogP contribution is -2.57. The van der Waals surface area contributed by atoms with Crippen LogP contribution in [0.5, 0.6) is 0 Å². The fraction of sp³-hybridized carbons (Fsp3) is 0.571. The first kappa shape index (κ1) is 24.7. The van der Waals surface area contributed by atoms with Crippen LogP contribution in [0.4, 0.5) is 0 Å². The first-order valence-electron chi connectivity index (χ1n) is 8.00. The molecule has 3 atom stereocenters. The quantitative estimate of drug-likeness (QED) is 0.154. The summed E-state index contributed by atoms with van der Waals surface area (Å²) in [7, 11) is 0. The minimum Gasteiger partial charge on any atom is -0.480 e. The van der Waals surface area contributed by atoms with E-state index in [-0.39, 0.29) is 6.54 Å². The zero-order valence-corrected chi connectivity index (χ0v) is 15.1. The van der Waals surface area contributed by atoms with Crippen LogP contribution in [0.2, 0.25) is 0 Å². The maximum atomic E-state index is 12.2. The molecule has 0 aromatic heterocycles. The van der Waals surface area contributed by atoms with Gasteiger partial charge in [0.15, 0.2) is 0 Å². The number of hydrogen-bond donors (Lipinski definition) is 8. The number of aliphatic hydroxyl groups excluding tert-OH is 1. The number of hydrogen-bond acceptors (Lipinski definition) is 8. The van der Waals surface area contributed by atoms with Gasteiger partial charge in [-0.2, -0.15) is 0 Å². The van der Waals surface area contributed by atoms with E-state index >= 15 is 0 Å². The molecular formula is C14H24N6O8. The normalized spacial score (nSPS) is 13.4. The highest BCUT2D eigenvalue weighted by Gasteiger charge is 2.29. The molecule has 0 spiro atoms. The SMILES string of the molecule is C[C@H](NC(=O)[C@H](CC(N)=O)NC(=O)[C@H](CO)NC(=O)CNC(=O)CN)C(=O)O. The van der Waals surface area contributed by atoms with Gasteiger partial charge in [0.05, 0.1) is 26.1 Å². The third kappa shape index (κ3) is 9.44. The lowest BCUT2D eigenvalue weighted by Gasteiger charge is -2.22. The van der Waals surface area contributed by atoms with Crippen LogP contribution < -0.4 is 32.7 Å². The van der Waals surface area contributed by atoms with Gasteiger partial charge in [0, 0.05) is 0 Å².